The second-order valence-electron chi connectivity index (χ2n) is 7.56. The van der Waals surface area contributed by atoms with Crippen molar-refractivity contribution in [2.45, 2.75) is 72.1 Å². The molecule has 6 nitrogen and oxygen atoms in total. The van der Waals surface area contributed by atoms with Gasteiger partial charge in [0, 0.05) is 18.1 Å². The molecule has 0 aliphatic rings. The summed E-state index contributed by atoms with van der Waals surface area (Å²) in [5, 5.41) is 18.9. The highest BCUT2D eigenvalue weighted by molar-refractivity contribution is 6.09. The van der Waals surface area contributed by atoms with E-state index in [9.17, 15) is 19.5 Å². The Bertz CT molecular complexity index is 885. The van der Waals surface area contributed by atoms with Gasteiger partial charge in [0.1, 0.15) is 17.1 Å². The van der Waals surface area contributed by atoms with Crippen LogP contribution in [0.3, 0.4) is 0 Å². The first-order chi connectivity index (χ1) is 14.2. The summed E-state index contributed by atoms with van der Waals surface area (Å²) < 4.78 is 5.27. The van der Waals surface area contributed by atoms with Crippen molar-refractivity contribution >= 4 is 11.8 Å². The molecule has 0 aliphatic carbocycles. The predicted octanol–water partition coefficient (Wildman–Crippen LogP) is 5.53. The first-order valence-corrected chi connectivity index (χ1v) is 10.3. The van der Waals surface area contributed by atoms with Crippen LogP contribution in [0.4, 0.5) is 0 Å². The molecule has 0 saturated heterocycles. The van der Waals surface area contributed by atoms with E-state index in [0.717, 1.165) is 37.3 Å². The summed E-state index contributed by atoms with van der Waals surface area (Å²) in [5.74, 6) is -1.97. The molecule has 1 unspecified atom stereocenters. The number of hydrogen-bond donors (Lipinski definition) is 2. The SMILES string of the molecule is CCCCC/C(C)=C/C=C(\C)C(=O)c1c(O)cc(C(C)CC/C=C/C(=O)O)oc1=O. The van der Waals surface area contributed by atoms with Crippen molar-refractivity contribution < 1.29 is 24.2 Å². The Morgan fingerprint density at radius 1 is 1.20 bits per heavy atom. The summed E-state index contributed by atoms with van der Waals surface area (Å²) in [5.41, 5.74) is 0.238. The maximum absolute atomic E-state index is 12.6. The largest absolute Gasteiger partial charge is 0.507 e. The Morgan fingerprint density at radius 2 is 1.90 bits per heavy atom. The zero-order chi connectivity index (χ0) is 22.7. The van der Waals surface area contributed by atoms with Crippen LogP contribution < -0.4 is 5.63 Å². The van der Waals surface area contributed by atoms with Crippen molar-refractivity contribution in [2.24, 2.45) is 0 Å². The van der Waals surface area contributed by atoms with E-state index in [2.05, 4.69) is 6.92 Å². The van der Waals surface area contributed by atoms with E-state index in [1.807, 2.05) is 13.0 Å². The van der Waals surface area contributed by atoms with E-state index >= 15 is 0 Å². The third kappa shape index (κ3) is 8.23. The van der Waals surface area contributed by atoms with E-state index < -0.39 is 23.1 Å². The summed E-state index contributed by atoms with van der Waals surface area (Å²) in [4.78, 5) is 35.5. The van der Waals surface area contributed by atoms with E-state index in [4.69, 9.17) is 9.52 Å². The average molecular weight is 417 g/mol. The van der Waals surface area contributed by atoms with Gasteiger partial charge in [-0.25, -0.2) is 9.59 Å². The third-order valence-electron chi connectivity index (χ3n) is 4.84. The highest BCUT2D eigenvalue weighted by Crippen LogP contribution is 2.26. The number of unbranched alkanes of at least 4 members (excludes halogenated alkanes) is 2. The van der Waals surface area contributed by atoms with Crippen molar-refractivity contribution in [1.82, 2.24) is 0 Å². The van der Waals surface area contributed by atoms with Crippen LogP contribution in [0.15, 0.2) is 50.7 Å². The highest BCUT2D eigenvalue weighted by Gasteiger charge is 2.21. The fraction of sp³-hybridized carbons (Fsp3) is 0.458. The molecule has 0 saturated carbocycles. The number of ketones is 1. The highest BCUT2D eigenvalue weighted by atomic mass is 16.4. The molecule has 164 valence electrons. The van der Waals surface area contributed by atoms with Crippen LogP contribution in [0.2, 0.25) is 0 Å². The smallest absolute Gasteiger partial charge is 0.351 e. The van der Waals surface area contributed by atoms with Crippen LogP contribution in [-0.4, -0.2) is 22.0 Å². The molecule has 2 N–H and O–H groups in total. The first kappa shape index (κ1) is 25.1. The lowest BCUT2D eigenvalue weighted by Crippen LogP contribution is -2.16. The maximum atomic E-state index is 12.6. The van der Waals surface area contributed by atoms with Crippen LogP contribution in [0.25, 0.3) is 0 Å². The molecule has 0 radical (unpaired) electrons. The monoisotopic (exact) mass is 416 g/mol. The molecule has 1 heterocycles. The van der Waals surface area contributed by atoms with Gasteiger partial charge in [-0.05, 0) is 45.1 Å². The maximum Gasteiger partial charge on any atom is 0.351 e. The van der Waals surface area contributed by atoms with Gasteiger partial charge < -0.3 is 14.6 Å². The number of carboxylic acid groups (broad SMARTS) is 1. The van der Waals surface area contributed by atoms with E-state index in [-0.39, 0.29) is 17.2 Å². The summed E-state index contributed by atoms with van der Waals surface area (Å²) in [6.45, 7) is 7.54. The Morgan fingerprint density at radius 3 is 2.50 bits per heavy atom. The van der Waals surface area contributed by atoms with E-state index in [0.29, 0.717) is 18.4 Å². The lowest BCUT2D eigenvalue weighted by molar-refractivity contribution is -0.131. The molecule has 0 amide bonds. The molecule has 1 aromatic heterocycles. The molecule has 0 fully saturated rings. The summed E-state index contributed by atoms with van der Waals surface area (Å²) in [6, 6.07) is 1.29. The van der Waals surface area contributed by atoms with Crippen LogP contribution >= 0.6 is 0 Å². The molecule has 0 aromatic carbocycles. The molecule has 0 spiro atoms. The number of hydrogen-bond acceptors (Lipinski definition) is 5. The molecular formula is C24H32O6. The summed E-state index contributed by atoms with van der Waals surface area (Å²) in [7, 11) is 0. The molecule has 6 heteroatoms. The Balaban J connectivity index is 2.93. The van der Waals surface area contributed by atoms with Gasteiger partial charge >= 0.3 is 11.6 Å². The summed E-state index contributed by atoms with van der Waals surface area (Å²) >= 11 is 0. The van der Waals surface area contributed by atoms with Crippen LogP contribution in [0.5, 0.6) is 5.75 Å². The van der Waals surface area contributed by atoms with Gasteiger partial charge in [0.2, 0.25) is 0 Å². The predicted molar refractivity (Wildman–Crippen MR) is 117 cm³/mol. The second-order valence-corrected chi connectivity index (χ2v) is 7.56. The molecule has 1 aromatic rings. The van der Waals surface area contributed by atoms with Crippen LogP contribution in [0.1, 0.15) is 88.3 Å². The first-order valence-electron chi connectivity index (χ1n) is 10.3. The van der Waals surface area contributed by atoms with Crippen molar-refractivity contribution in [2.75, 3.05) is 0 Å². The minimum atomic E-state index is -1.02. The van der Waals surface area contributed by atoms with Crippen molar-refractivity contribution in [3.63, 3.8) is 0 Å². The minimum Gasteiger partial charge on any atom is -0.507 e. The zero-order valence-corrected chi connectivity index (χ0v) is 18.2. The topological polar surface area (TPSA) is 105 Å². The fourth-order valence-electron chi connectivity index (χ4n) is 2.90. The Kier molecular flexibility index (Phi) is 10.6. The van der Waals surface area contributed by atoms with Gasteiger partial charge in [-0.2, -0.15) is 0 Å². The molecule has 1 atom stereocenters. The number of Topliss-reactive ketones (excluding diaryl/α,β-unsaturated/α-hetero) is 1. The van der Waals surface area contributed by atoms with Crippen molar-refractivity contribution in [3.8, 4) is 5.75 Å². The average Bonchev–Trinajstić information content (AvgIpc) is 2.68. The molecule has 30 heavy (non-hydrogen) atoms. The number of rotatable bonds is 12. The third-order valence-corrected chi connectivity index (χ3v) is 4.84. The van der Waals surface area contributed by atoms with Gasteiger partial charge in [0.05, 0.1) is 0 Å². The number of carbonyl (C=O) groups excluding carboxylic acids is 1. The quantitative estimate of drug-likeness (QED) is 0.201. The summed E-state index contributed by atoms with van der Waals surface area (Å²) in [6.07, 6.45) is 11.4. The van der Waals surface area contributed by atoms with Crippen molar-refractivity contribution in [3.05, 3.63) is 63.3 Å². The van der Waals surface area contributed by atoms with Gasteiger partial charge in [0.15, 0.2) is 5.78 Å². The lowest BCUT2D eigenvalue weighted by Gasteiger charge is -2.11. The minimum absolute atomic E-state index is 0.225. The van der Waals surface area contributed by atoms with Gasteiger partial charge in [-0.1, -0.05) is 50.5 Å². The number of allylic oxidation sites excluding steroid dienone is 5. The van der Waals surface area contributed by atoms with Gasteiger partial charge in [-0.3, -0.25) is 4.79 Å². The fourth-order valence-corrected chi connectivity index (χ4v) is 2.90. The molecule has 0 aliphatic heterocycles. The van der Waals surface area contributed by atoms with E-state index in [1.54, 1.807) is 19.9 Å². The zero-order valence-electron chi connectivity index (χ0n) is 18.2. The van der Waals surface area contributed by atoms with Gasteiger partial charge in [-0.15, -0.1) is 0 Å². The van der Waals surface area contributed by atoms with Crippen LogP contribution in [-0.2, 0) is 4.79 Å². The second kappa shape index (κ2) is 12.6. The number of carbonyl (C=O) groups is 2. The van der Waals surface area contributed by atoms with Crippen LogP contribution in [0, 0.1) is 0 Å². The van der Waals surface area contributed by atoms with Crippen molar-refractivity contribution in [1.29, 1.82) is 0 Å². The molecule has 1 rings (SSSR count). The number of carboxylic acids is 1. The lowest BCUT2D eigenvalue weighted by atomic mass is 9.99. The number of aliphatic carboxylic acids is 1. The van der Waals surface area contributed by atoms with E-state index in [1.165, 1.54) is 12.1 Å². The Hall–Kier alpha value is -2.89. The Labute approximate surface area is 177 Å². The standard InChI is InChI=1S/C24H32O6/c1-5-6-7-10-16(2)13-14-18(4)23(28)22-19(25)15-20(30-24(22)29)17(3)11-8-9-12-21(26)27/h9,12-15,17,25H,5-8,10-11H2,1-4H3,(H,26,27)/b12-9+,16-13+,18-14+. The number of aromatic hydroxyl groups is 1. The molecule has 0 bridgehead atoms. The molecular weight excluding hydrogens is 384 g/mol. The normalized spacial score (nSPS) is 13.6. The van der Waals surface area contributed by atoms with Gasteiger partial charge in [0.25, 0.3) is 0 Å².